The highest BCUT2D eigenvalue weighted by Crippen LogP contribution is 2.31. The minimum absolute atomic E-state index is 0.0226. The van der Waals surface area contributed by atoms with E-state index in [9.17, 15) is 4.79 Å². The number of hydrogen-bond acceptors (Lipinski definition) is 2. The Balaban J connectivity index is 2.09. The fraction of sp³-hybridized carbons (Fsp3) is 0.278. The lowest BCUT2D eigenvalue weighted by Crippen LogP contribution is -2.29. The highest BCUT2D eigenvalue weighted by molar-refractivity contribution is 7.99. The predicted octanol–water partition coefficient (Wildman–Crippen LogP) is 4.77. The summed E-state index contributed by atoms with van der Waals surface area (Å²) in [5.74, 6) is 0.909. The highest BCUT2D eigenvalue weighted by atomic mass is 35.5. The van der Waals surface area contributed by atoms with Crippen LogP contribution in [0.2, 0.25) is 5.02 Å². The number of amides is 1. The number of halogens is 1. The third kappa shape index (κ3) is 4.28. The molecular formula is C18H20ClNOS. The zero-order valence-corrected chi connectivity index (χ0v) is 14.5. The Bertz CT molecular complexity index is 630. The quantitative estimate of drug-likeness (QED) is 0.710. The Morgan fingerprint density at radius 2 is 1.86 bits per heavy atom. The molecule has 4 heteroatoms. The molecule has 0 saturated carbocycles. The molecule has 0 atom stereocenters. The van der Waals surface area contributed by atoms with Crippen LogP contribution in [-0.4, -0.2) is 30.2 Å². The molecule has 0 radical (unpaired) electrons. The van der Waals surface area contributed by atoms with Crippen LogP contribution in [-0.2, 0) is 6.42 Å². The van der Waals surface area contributed by atoms with Crippen molar-refractivity contribution in [1.29, 1.82) is 0 Å². The van der Waals surface area contributed by atoms with Gasteiger partial charge < -0.3 is 4.90 Å². The number of carbonyl (C=O) groups is 1. The van der Waals surface area contributed by atoms with Gasteiger partial charge in [0.1, 0.15) is 0 Å². The summed E-state index contributed by atoms with van der Waals surface area (Å²) in [5, 5.41) is 0.647. The molecule has 0 N–H and O–H groups in total. The van der Waals surface area contributed by atoms with Crippen LogP contribution < -0.4 is 0 Å². The summed E-state index contributed by atoms with van der Waals surface area (Å²) < 4.78 is 0. The van der Waals surface area contributed by atoms with Crippen molar-refractivity contribution in [2.45, 2.75) is 18.2 Å². The fourth-order valence-corrected chi connectivity index (χ4v) is 3.36. The maximum absolute atomic E-state index is 12.7. The SMILES string of the molecule is CCSc1c(Cl)cccc1C(=O)N(C)CCc1ccccc1. The number of carbonyl (C=O) groups excluding carboxylic acids is 1. The van der Waals surface area contributed by atoms with E-state index in [4.69, 9.17) is 11.6 Å². The van der Waals surface area contributed by atoms with Gasteiger partial charge >= 0.3 is 0 Å². The van der Waals surface area contributed by atoms with Gasteiger partial charge in [0.2, 0.25) is 0 Å². The largest absolute Gasteiger partial charge is 0.341 e. The Morgan fingerprint density at radius 3 is 2.55 bits per heavy atom. The van der Waals surface area contributed by atoms with Crippen molar-refractivity contribution in [1.82, 2.24) is 4.90 Å². The normalized spacial score (nSPS) is 10.5. The van der Waals surface area contributed by atoms with Gasteiger partial charge in [-0.1, -0.05) is 54.9 Å². The van der Waals surface area contributed by atoms with Crippen LogP contribution in [0.3, 0.4) is 0 Å². The Morgan fingerprint density at radius 1 is 1.14 bits per heavy atom. The van der Waals surface area contributed by atoms with E-state index < -0.39 is 0 Å². The second-order valence-corrected chi connectivity index (χ2v) is 6.69. The molecule has 116 valence electrons. The van der Waals surface area contributed by atoms with Crippen molar-refractivity contribution in [2.75, 3.05) is 19.3 Å². The summed E-state index contributed by atoms with van der Waals surface area (Å²) in [6.45, 7) is 2.74. The lowest BCUT2D eigenvalue weighted by molar-refractivity contribution is 0.0793. The fourth-order valence-electron chi connectivity index (χ4n) is 2.22. The van der Waals surface area contributed by atoms with E-state index in [1.54, 1.807) is 16.7 Å². The molecule has 2 aromatic carbocycles. The third-order valence-corrected chi connectivity index (χ3v) is 4.86. The molecule has 22 heavy (non-hydrogen) atoms. The summed E-state index contributed by atoms with van der Waals surface area (Å²) in [5.41, 5.74) is 1.92. The third-order valence-electron chi connectivity index (χ3n) is 3.41. The van der Waals surface area contributed by atoms with Gasteiger partial charge in [-0.25, -0.2) is 0 Å². The molecule has 0 bridgehead atoms. The minimum atomic E-state index is 0.0226. The van der Waals surface area contributed by atoms with Crippen LogP contribution in [0, 0.1) is 0 Å². The first kappa shape index (κ1) is 16.9. The molecule has 1 amide bonds. The number of benzene rings is 2. The van der Waals surface area contributed by atoms with Gasteiger partial charge in [0, 0.05) is 18.5 Å². The molecule has 0 fully saturated rings. The van der Waals surface area contributed by atoms with E-state index in [1.807, 2.05) is 43.4 Å². The van der Waals surface area contributed by atoms with Crippen LogP contribution in [0.15, 0.2) is 53.4 Å². The molecule has 0 aliphatic carbocycles. The molecule has 2 nitrogen and oxygen atoms in total. The molecule has 2 rings (SSSR count). The Hall–Kier alpha value is -1.45. The van der Waals surface area contributed by atoms with Gasteiger partial charge in [0.05, 0.1) is 10.6 Å². The Kier molecular flexibility index (Phi) is 6.34. The molecule has 0 aliphatic rings. The monoisotopic (exact) mass is 333 g/mol. The summed E-state index contributed by atoms with van der Waals surface area (Å²) >= 11 is 7.85. The summed E-state index contributed by atoms with van der Waals surface area (Å²) in [6.07, 6.45) is 0.847. The van der Waals surface area contributed by atoms with Crippen molar-refractivity contribution >= 4 is 29.3 Å². The zero-order chi connectivity index (χ0) is 15.9. The second kappa shape index (κ2) is 8.25. The average molecular weight is 334 g/mol. The first-order valence-electron chi connectivity index (χ1n) is 7.34. The molecular weight excluding hydrogens is 314 g/mol. The van der Waals surface area contributed by atoms with E-state index in [-0.39, 0.29) is 5.91 Å². The summed E-state index contributed by atoms with van der Waals surface area (Å²) in [4.78, 5) is 15.3. The van der Waals surface area contributed by atoms with Crippen molar-refractivity contribution in [3.8, 4) is 0 Å². The van der Waals surface area contributed by atoms with Crippen molar-refractivity contribution in [3.63, 3.8) is 0 Å². The number of likely N-dealkylation sites (N-methyl/N-ethyl adjacent to an activating group) is 1. The molecule has 0 saturated heterocycles. The van der Waals surface area contributed by atoms with Gasteiger partial charge in [0.15, 0.2) is 0 Å². The number of rotatable bonds is 6. The lowest BCUT2D eigenvalue weighted by atomic mass is 10.1. The molecule has 0 aliphatic heterocycles. The topological polar surface area (TPSA) is 20.3 Å². The molecule has 0 spiro atoms. The van der Waals surface area contributed by atoms with Gasteiger partial charge in [-0.05, 0) is 29.9 Å². The number of thioether (sulfide) groups is 1. The average Bonchev–Trinajstić information content (AvgIpc) is 2.55. The van der Waals surface area contributed by atoms with Crippen molar-refractivity contribution in [2.24, 2.45) is 0 Å². The van der Waals surface area contributed by atoms with Crippen LogP contribution in [0.1, 0.15) is 22.8 Å². The minimum Gasteiger partial charge on any atom is -0.341 e. The van der Waals surface area contributed by atoms with Crippen LogP contribution in [0.25, 0.3) is 0 Å². The summed E-state index contributed by atoms with van der Waals surface area (Å²) in [6, 6.07) is 15.7. The standard InChI is InChI=1S/C18H20ClNOS/c1-3-22-17-15(10-7-11-16(17)19)18(21)20(2)13-12-14-8-5-4-6-9-14/h4-11H,3,12-13H2,1-2H3. The molecule has 0 heterocycles. The van der Waals surface area contributed by atoms with E-state index in [2.05, 4.69) is 19.1 Å². The maximum atomic E-state index is 12.7. The Labute approximate surface area is 141 Å². The van der Waals surface area contributed by atoms with Crippen LogP contribution in [0.5, 0.6) is 0 Å². The van der Waals surface area contributed by atoms with Crippen molar-refractivity contribution < 1.29 is 4.79 Å². The first-order chi connectivity index (χ1) is 10.6. The smallest absolute Gasteiger partial charge is 0.254 e. The number of hydrogen-bond donors (Lipinski definition) is 0. The molecule has 0 unspecified atom stereocenters. The highest BCUT2D eigenvalue weighted by Gasteiger charge is 2.17. The lowest BCUT2D eigenvalue weighted by Gasteiger charge is -2.19. The van der Waals surface area contributed by atoms with Crippen molar-refractivity contribution in [3.05, 3.63) is 64.7 Å². The summed E-state index contributed by atoms with van der Waals surface area (Å²) in [7, 11) is 1.84. The van der Waals surface area contributed by atoms with E-state index >= 15 is 0 Å². The van der Waals surface area contributed by atoms with Crippen LogP contribution >= 0.6 is 23.4 Å². The zero-order valence-electron chi connectivity index (χ0n) is 12.9. The van der Waals surface area contributed by atoms with Gasteiger partial charge in [-0.3, -0.25) is 4.79 Å². The molecule has 2 aromatic rings. The second-order valence-electron chi connectivity index (χ2n) is 5.01. The van der Waals surface area contributed by atoms with Gasteiger partial charge in [-0.15, -0.1) is 11.8 Å². The van der Waals surface area contributed by atoms with Gasteiger partial charge in [0.25, 0.3) is 5.91 Å². The first-order valence-corrected chi connectivity index (χ1v) is 8.70. The van der Waals surface area contributed by atoms with E-state index in [0.717, 1.165) is 17.1 Å². The molecule has 0 aromatic heterocycles. The van der Waals surface area contributed by atoms with Gasteiger partial charge in [-0.2, -0.15) is 0 Å². The van der Waals surface area contributed by atoms with Crippen LogP contribution in [0.4, 0.5) is 0 Å². The predicted molar refractivity (Wildman–Crippen MR) is 95.0 cm³/mol. The van der Waals surface area contributed by atoms with E-state index in [0.29, 0.717) is 17.1 Å². The number of nitrogens with zero attached hydrogens (tertiary/aromatic N) is 1. The van der Waals surface area contributed by atoms with E-state index in [1.165, 1.54) is 5.56 Å². The maximum Gasteiger partial charge on any atom is 0.254 e.